The molecule has 11 heteroatoms. The number of aliphatic hydroxyl groups excluding tert-OH is 3. The maximum atomic E-state index is 12.8. The molecule has 0 aromatic carbocycles. The van der Waals surface area contributed by atoms with Crippen LogP contribution in [0.25, 0.3) is 0 Å². The van der Waals surface area contributed by atoms with Crippen LogP contribution in [0, 0.1) is 0 Å². The van der Waals surface area contributed by atoms with E-state index in [-0.39, 0.29) is 26.1 Å². The van der Waals surface area contributed by atoms with Crippen LogP contribution in [-0.2, 0) is 33.4 Å². The summed E-state index contributed by atoms with van der Waals surface area (Å²) in [5.41, 5.74) is 0. The summed E-state index contributed by atoms with van der Waals surface area (Å²) >= 11 is 0. The molecule has 0 bridgehead atoms. The maximum absolute atomic E-state index is 12.8. The highest BCUT2D eigenvalue weighted by molar-refractivity contribution is 5.70. The largest absolute Gasteiger partial charge is 0.462 e. The van der Waals surface area contributed by atoms with E-state index in [0.717, 1.165) is 103 Å². The van der Waals surface area contributed by atoms with E-state index in [0.29, 0.717) is 12.8 Å². The van der Waals surface area contributed by atoms with Gasteiger partial charge in [-0.3, -0.25) is 14.8 Å². The van der Waals surface area contributed by atoms with E-state index in [1.54, 1.807) is 0 Å². The quantitative estimate of drug-likeness (QED) is 0.0162. The third-order valence-corrected chi connectivity index (χ3v) is 9.18. The Morgan fingerprint density at radius 3 is 1.57 bits per heavy atom. The molecule has 0 saturated carbocycles. The first-order valence-electron chi connectivity index (χ1n) is 21.2. The number of rotatable bonds is 34. The minimum Gasteiger partial charge on any atom is -0.462 e. The molecule has 0 spiro atoms. The molecule has 11 nitrogen and oxygen atoms in total. The summed E-state index contributed by atoms with van der Waals surface area (Å²) in [5.74, 6) is -0.875. The monoisotopic (exact) mass is 791 g/mol. The second-order valence-electron chi connectivity index (χ2n) is 14.1. The molecule has 4 N–H and O–H groups in total. The SMILES string of the molecule is CCC=CCC=CCC=CCCCCCCCC(=O)OCC(COC1OC(CO)C(OO)C(O)C1O)OC(=O)CCCCCCCC=CCC=CCC=CCC. The Labute approximate surface area is 337 Å². The van der Waals surface area contributed by atoms with Crippen LogP contribution in [0.5, 0.6) is 0 Å². The lowest BCUT2D eigenvalue weighted by atomic mass is 9.99. The molecule has 1 fully saturated rings. The number of aliphatic hydroxyl groups is 3. The summed E-state index contributed by atoms with van der Waals surface area (Å²) in [6.07, 6.45) is 36.0. The second kappa shape index (κ2) is 36.4. The van der Waals surface area contributed by atoms with E-state index in [1.807, 2.05) is 0 Å². The fourth-order valence-corrected chi connectivity index (χ4v) is 5.92. The summed E-state index contributed by atoms with van der Waals surface area (Å²) in [6, 6.07) is 0. The highest BCUT2D eigenvalue weighted by Crippen LogP contribution is 2.24. The third kappa shape index (κ3) is 26.9. The minimum absolute atomic E-state index is 0.192. The molecule has 0 aromatic rings. The van der Waals surface area contributed by atoms with E-state index >= 15 is 0 Å². The first kappa shape index (κ1) is 51.1. The zero-order valence-electron chi connectivity index (χ0n) is 34.3. The summed E-state index contributed by atoms with van der Waals surface area (Å²) in [7, 11) is 0. The molecule has 1 aliphatic rings. The van der Waals surface area contributed by atoms with Crippen LogP contribution in [0.15, 0.2) is 72.9 Å². The molecule has 0 amide bonds. The van der Waals surface area contributed by atoms with Crippen LogP contribution in [0.3, 0.4) is 0 Å². The van der Waals surface area contributed by atoms with E-state index in [4.69, 9.17) is 24.2 Å². The Balaban J connectivity index is 2.42. The van der Waals surface area contributed by atoms with Crippen molar-refractivity contribution in [1.82, 2.24) is 0 Å². The molecule has 1 rings (SSSR count). The standard InChI is InChI=1S/C45H74O11/c1-3-5-7-9-11-13-15-17-19-21-23-25-27-29-31-33-40(47)52-36-38(37-53-45-43(50)42(49)44(56-51)39(35-46)55-45)54-41(48)34-32-30-28-26-24-22-20-18-16-14-12-10-8-6-4-2/h5-8,11-14,17-20,38-39,42-46,49-51H,3-4,9-10,15-16,21-37H2,1-2H3. The van der Waals surface area contributed by atoms with Gasteiger partial charge in [-0.2, -0.15) is 0 Å². The molecule has 56 heavy (non-hydrogen) atoms. The van der Waals surface area contributed by atoms with E-state index < -0.39 is 55.4 Å². The first-order chi connectivity index (χ1) is 27.4. The fraction of sp³-hybridized carbons (Fsp3) is 0.689. The van der Waals surface area contributed by atoms with Gasteiger partial charge in [0.2, 0.25) is 0 Å². The first-order valence-corrected chi connectivity index (χ1v) is 21.2. The third-order valence-electron chi connectivity index (χ3n) is 9.18. The number of carbonyl (C=O) groups excluding carboxylic acids is 2. The van der Waals surface area contributed by atoms with Crippen LogP contribution >= 0.6 is 0 Å². The number of hydrogen-bond donors (Lipinski definition) is 4. The Kier molecular flexibility index (Phi) is 33.3. The Hall–Kier alpha value is -2.90. The molecule has 320 valence electrons. The lowest BCUT2D eigenvalue weighted by Gasteiger charge is -2.40. The zero-order valence-corrected chi connectivity index (χ0v) is 34.3. The van der Waals surface area contributed by atoms with E-state index in [2.05, 4.69) is 91.6 Å². The number of ether oxygens (including phenoxy) is 4. The lowest BCUT2D eigenvalue weighted by Crippen LogP contribution is -2.60. The number of hydrogen-bond acceptors (Lipinski definition) is 11. The Morgan fingerprint density at radius 1 is 0.607 bits per heavy atom. The summed E-state index contributed by atoms with van der Waals surface area (Å²) in [4.78, 5) is 29.5. The van der Waals surface area contributed by atoms with Gasteiger partial charge in [0.15, 0.2) is 12.4 Å². The Morgan fingerprint density at radius 2 is 1.07 bits per heavy atom. The molecular formula is C45H74O11. The number of allylic oxidation sites excluding steroid dienone is 12. The van der Waals surface area contributed by atoms with Gasteiger partial charge in [0.1, 0.15) is 31.0 Å². The van der Waals surface area contributed by atoms with Crippen LogP contribution in [-0.4, -0.2) is 89.1 Å². The predicted molar refractivity (Wildman–Crippen MR) is 221 cm³/mol. The van der Waals surface area contributed by atoms with Gasteiger partial charge in [-0.1, -0.05) is 125 Å². The Bertz CT molecular complexity index is 1140. The van der Waals surface area contributed by atoms with Crippen molar-refractivity contribution in [3.8, 4) is 0 Å². The number of carbonyl (C=O) groups is 2. The number of esters is 2. The molecular weight excluding hydrogens is 716 g/mol. The minimum atomic E-state index is -1.63. The van der Waals surface area contributed by atoms with Gasteiger partial charge < -0.3 is 34.3 Å². The van der Waals surface area contributed by atoms with Gasteiger partial charge in [-0.15, -0.1) is 0 Å². The van der Waals surface area contributed by atoms with Crippen LogP contribution in [0.4, 0.5) is 0 Å². The van der Waals surface area contributed by atoms with Crippen molar-refractivity contribution in [3.05, 3.63) is 72.9 Å². The fourth-order valence-electron chi connectivity index (χ4n) is 5.92. The molecule has 1 aliphatic heterocycles. The van der Waals surface area contributed by atoms with Gasteiger partial charge in [-0.25, -0.2) is 4.89 Å². The second-order valence-corrected chi connectivity index (χ2v) is 14.1. The summed E-state index contributed by atoms with van der Waals surface area (Å²) < 4.78 is 22.2. The molecule has 6 unspecified atom stereocenters. The van der Waals surface area contributed by atoms with Crippen molar-refractivity contribution in [2.75, 3.05) is 19.8 Å². The van der Waals surface area contributed by atoms with Gasteiger partial charge >= 0.3 is 11.9 Å². The van der Waals surface area contributed by atoms with Crippen molar-refractivity contribution in [3.63, 3.8) is 0 Å². The molecule has 0 aliphatic carbocycles. The van der Waals surface area contributed by atoms with Crippen molar-refractivity contribution < 1.29 is 54.0 Å². The summed E-state index contributed by atoms with van der Waals surface area (Å²) in [6.45, 7) is 3.08. The molecule has 1 heterocycles. The van der Waals surface area contributed by atoms with Gasteiger partial charge in [-0.05, 0) is 77.0 Å². The maximum Gasteiger partial charge on any atom is 0.306 e. The zero-order chi connectivity index (χ0) is 40.9. The topological polar surface area (TPSA) is 161 Å². The van der Waals surface area contributed by atoms with Crippen molar-refractivity contribution in [2.24, 2.45) is 0 Å². The van der Waals surface area contributed by atoms with Gasteiger partial charge in [0.05, 0.1) is 13.2 Å². The van der Waals surface area contributed by atoms with Crippen LogP contribution < -0.4 is 0 Å². The normalized spacial score (nSPS) is 21.1. The van der Waals surface area contributed by atoms with E-state index in [9.17, 15) is 24.9 Å². The van der Waals surface area contributed by atoms with E-state index in [1.165, 1.54) is 0 Å². The molecule has 0 radical (unpaired) electrons. The average Bonchev–Trinajstić information content (AvgIpc) is 3.20. The smallest absolute Gasteiger partial charge is 0.306 e. The van der Waals surface area contributed by atoms with Crippen LogP contribution in [0.2, 0.25) is 0 Å². The molecule has 6 atom stereocenters. The summed E-state index contributed by atoms with van der Waals surface area (Å²) in [5, 5.41) is 39.4. The van der Waals surface area contributed by atoms with Crippen molar-refractivity contribution in [1.29, 1.82) is 0 Å². The number of unbranched alkanes of at least 4 members (excludes halogenated alkanes) is 10. The highest BCUT2D eigenvalue weighted by atomic mass is 17.1. The van der Waals surface area contributed by atoms with Crippen LogP contribution in [0.1, 0.15) is 142 Å². The average molecular weight is 791 g/mol. The molecule has 1 saturated heterocycles. The predicted octanol–water partition coefficient (Wildman–Crippen LogP) is 8.93. The lowest BCUT2D eigenvalue weighted by molar-refractivity contribution is -0.377. The van der Waals surface area contributed by atoms with Crippen molar-refractivity contribution >= 4 is 11.9 Å². The van der Waals surface area contributed by atoms with Crippen molar-refractivity contribution in [2.45, 2.75) is 179 Å². The molecule has 0 aromatic heterocycles. The van der Waals surface area contributed by atoms with Gasteiger partial charge in [0.25, 0.3) is 0 Å². The highest BCUT2D eigenvalue weighted by Gasteiger charge is 2.46. The van der Waals surface area contributed by atoms with Gasteiger partial charge in [0, 0.05) is 12.8 Å².